The fraction of sp³-hybridized carbons (Fsp3) is 0.652. The first-order chi connectivity index (χ1) is 17.0. The summed E-state index contributed by atoms with van der Waals surface area (Å²) in [6.07, 6.45) is -1.16. The van der Waals surface area contributed by atoms with Gasteiger partial charge in [0.2, 0.25) is 5.82 Å². The molecule has 2 aliphatic rings. The first-order valence-corrected chi connectivity index (χ1v) is 11.5. The Balaban J connectivity index is 2.05. The van der Waals surface area contributed by atoms with Gasteiger partial charge < -0.3 is 28.8 Å². The van der Waals surface area contributed by atoms with E-state index in [-0.39, 0.29) is 18.3 Å². The van der Waals surface area contributed by atoms with Crippen LogP contribution >= 0.6 is 0 Å². The summed E-state index contributed by atoms with van der Waals surface area (Å²) in [6.45, 7) is 3.19. The van der Waals surface area contributed by atoms with Crippen molar-refractivity contribution in [2.24, 2.45) is 0 Å². The van der Waals surface area contributed by atoms with Crippen molar-refractivity contribution in [3.8, 4) is 11.8 Å². The molecule has 1 saturated carbocycles. The maximum atomic E-state index is 12.2. The van der Waals surface area contributed by atoms with E-state index < -0.39 is 54.0 Å². The Labute approximate surface area is 207 Å². The molecule has 1 aliphatic heterocycles. The Hall–Kier alpha value is -3.50. The number of esters is 4. The molecule has 0 aromatic carbocycles. The zero-order valence-corrected chi connectivity index (χ0v) is 20.5. The second-order valence-corrected chi connectivity index (χ2v) is 8.55. The fourth-order valence-electron chi connectivity index (χ4n) is 4.09. The molecule has 13 heteroatoms. The van der Waals surface area contributed by atoms with Crippen LogP contribution in [0.4, 0.5) is 0 Å². The van der Waals surface area contributed by atoms with Gasteiger partial charge in [0.1, 0.15) is 18.3 Å². The third-order valence-corrected chi connectivity index (χ3v) is 5.67. The maximum absolute atomic E-state index is 12.2. The third-order valence-electron chi connectivity index (χ3n) is 5.67. The number of hydrogen-bond donors (Lipinski definition) is 1. The number of carbonyl (C=O) groups excluding carboxylic acids is 4. The van der Waals surface area contributed by atoms with Crippen LogP contribution in [-0.4, -0.2) is 81.4 Å². The molecule has 2 heterocycles. The summed E-state index contributed by atoms with van der Waals surface area (Å²) < 4.78 is 27.5. The number of carbonyl (C=O) groups is 4. The van der Waals surface area contributed by atoms with Gasteiger partial charge in [-0.05, 0) is 31.6 Å². The van der Waals surface area contributed by atoms with Crippen LogP contribution in [0, 0.1) is 11.8 Å². The molecule has 1 aromatic rings. The molecule has 4 atom stereocenters. The van der Waals surface area contributed by atoms with Gasteiger partial charge in [-0.3, -0.25) is 14.4 Å². The second-order valence-electron chi connectivity index (χ2n) is 8.55. The van der Waals surface area contributed by atoms with Crippen LogP contribution in [0.5, 0.6) is 0 Å². The predicted octanol–water partition coefficient (Wildman–Crippen LogP) is 0.435. The van der Waals surface area contributed by atoms with Crippen molar-refractivity contribution in [1.29, 1.82) is 0 Å². The molecule has 13 nitrogen and oxygen atoms in total. The molecule has 1 N–H and O–H groups in total. The molecule has 1 saturated heterocycles. The van der Waals surface area contributed by atoms with Gasteiger partial charge in [0.15, 0.2) is 18.4 Å². The van der Waals surface area contributed by atoms with Crippen LogP contribution in [0.1, 0.15) is 75.5 Å². The van der Waals surface area contributed by atoms with Crippen molar-refractivity contribution in [2.75, 3.05) is 13.7 Å². The van der Waals surface area contributed by atoms with Crippen molar-refractivity contribution >= 4 is 23.9 Å². The van der Waals surface area contributed by atoms with Gasteiger partial charge in [-0.1, -0.05) is 12.3 Å². The number of aromatic nitrogens is 3. The van der Waals surface area contributed by atoms with Crippen LogP contribution in [0.15, 0.2) is 0 Å². The number of aliphatic hydroxyl groups is 1. The van der Waals surface area contributed by atoms with Crippen LogP contribution in [-0.2, 0) is 38.1 Å². The second kappa shape index (κ2) is 11.5. The quantitative estimate of drug-likeness (QED) is 0.321. The van der Waals surface area contributed by atoms with E-state index >= 15 is 0 Å². The Morgan fingerprint density at radius 2 is 1.69 bits per heavy atom. The van der Waals surface area contributed by atoms with Crippen molar-refractivity contribution in [2.45, 2.75) is 83.0 Å². The van der Waals surface area contributed by atoms with E-state index in [2.05, 4.69) is 21.9 Å². The zero-order chi connectivity index (χ0) is 26.5. The molecular weight excluding hydrogens is 478 g/mol. The first kappa shape index (κ1) is 27.1. The van der Waals surface area contributed by atoms with Gasteiger partial charge in [0, 0.05) is 20.8 Å². The van der Waals surface area contributed by atoms with Gasteiger partial charge in [-0.15, -0.1) is 5.10 Å². The van der Waals surface area contributed by atoms with E-state index in [0.717, 1.165) is 44.9 Å². The largest absolute Gasteiger partial charge is 0.463 e. The smallest absolute Gasteiger partial charge is 0.378 e. The summed E-state index contributed by atoms with van der Waals surface area (Å²) in [5.41, 5.74) is -1.23. The molecule has 0 radical (unpaired) electrons. The Morgan fingerprint density at radius 3 is 2.28 bits per heavy atom. The molecule has 0 spiro atoms. The lowest BCUT2D eigenvalue weighted by Crippen LogP contribution is -2.40. The standard InChI is InChI=1S/C23H29N3O10/c1-13(27)33-12-16-18(34-14(2)28)19(35-15(3)29)21(36-16)26-17(24-20(25-26)22(30)32-4)8-11-23(31)9-6-5-7-10-23/h16,18-19,21,31H,5-7,9-10,12H2,1-4H3/t16-,18-,19-,21-/m1/s1. The summed E-state index contributed by atoms with van der Waals surface area (Å²) in [5.74, 6) is 2.28. The molecule has 1 aliphatic carbocycles. The zero-order valence-electron chi connectivity index (χ0n) is 20.5. The van der Waals surface area contributed by atoms with Gasteiger partial charge in [-0.25, -0.2) is 9.48 Å². The van der Waals surface area contributed by atoms with E-state index in [1.807, 2.05) is 0 Å². The van der Waals surface area contributed by atoms with Gasteiger partial charge in [-0.2, -0.15) is 4.98 Å². The highest BCUT2D eigenvalue weighted by Gasteiger charge is 2.51. The maximum Gasteiger partial charge on any atom is 0.378 e. The first-order valence-electron chi connectivity index (χ1n) is 11.5. The minimum Gasteiger partial charge on any atom is -0.463 e. The molecule has 3 rings (SSSR count). The summed E-state index contributed by atoms with van der Waals surface area (Å²) in [4.78, 5) is 51.4. The van der Waals surface area contributed by atoms with Gasteiger partial charge >= 0.3 is 23.9 Å². The monoisotopic (exact) mass is 507 g/mol. The van der Waals surface area contributed by atoms with Gasteiger partial charge in [0.25, 0.3) is 5.82 Å². The summed E-state index contributed by atoms with van der Waals surface area (Å²) in [7, 11) is 1.15. The minimum absolute atomic E-state index is 0.0775. The molecular formula is C23H29N3O10. The van der Waals surface area contributed by atoms with Crippen LogP contribution < -0.4 is 0 Å². The predicted molar refractivity (Wildman–Crippen MR) is 118 cm³/mol. The molecule has 0 unspecified atom stereocenters. The number of hydrogen-bond acceptors (Lipinski definition) is 12. The van der Waals surface area contributed by atoms with E-state index in [1.165, 1.54) is 6.92 Å². The van der Waals surface area contributed by atoms with E-state index in [1.54, 1.807) is 0 Å². The van der Waals surface area contributed by atoms with Crippen LogP contribution in [0.25, 0.3) is 0 Å². The molecule has 1 aromatic heterocycles. The highest BCUT2D eigenvalue weighted by atomic mass is 16.7. The lowest BCUT2D eigenvalue weighted by molar-refractivity contribution is -0.166. The van der Waals surface area contributed by atoms with Crippen LogP contribution in [0.3, 0.4) is 0 Å². The van der Waals surface area contributed by atoms with E-state index in [9.17, 15) is 24.3 Å². The highest BCUT2D eigenvalue weighted by Crippen LogP contribution is 2.35. The number of nitrogens with zero attached hydrogens (tertiary/aromatic N) is 3. The molecule has 0 bridgehead atoms. The molecule has 36 heavy (non-hydrogen) atoms. The average molecular weight is 507 g/mol. The van der Waals surface area contributed by atoms with Crippen molar-refractivity contribution < 1.29 is 48.0 Å². The Kier molecular flexibility index (Phi) is 8.65. The molecule has 196 valence electrons. The average Bonchev–Trinajstić information content (AvgIpc) is 3.37. The lowest BCUT2D eigenvalue weighted by Gasteiger charge is -2.26. The summed E-state index contributed by atoms with van der Waals surface area (Å²) in [6, 6.07) is 0. The Bertz CT molecular complexity index is 1070. The van der Waals surface area contributed by atoms with Gasteiger partial charge in [0.05, 0.1) is 7.11 Å². The van der Waals surface area contributed by atoms with E-state index in [0.29, 0.717) is 12.8 Å². The number of ether oxygens (including phenoxy) is 5. The normalized spacial score (nSPS) is 24.7. The third kappa shape index (κ3) is 6.58. The van der Waals surface area contributed by atoms with Crippen molar-refractivity contribution in [1.82, 2.24) is 14.8 Å². The van der Waals surface area contributed by atoms with Crippen LogP contribution in [0.2, 0.25) is 0 Å². The van der Waals surface area contributed by atoms with Crippen molar-refractivity contribution in [3.05, 3.63) is 11.6 Å². The summed E-state index contributed by atoms with van der Waals surface area (Å²) in [5, 5.41) is 14.9. The fourth-order valence-corrected chi connectivity index (χ4v) is 4.09. The SMILES string of the molecule is COC(=O)c1nc(C#CC2(O)CCCCC2)n([C@@H]2O[C@H](COC(C)=O)[C@@H](OC(C)=O)[C@H]2OC(C)=O)n1. The summed E-state index contributed by atoms with van der Waals surface area (Å²) >= 11 is 0. The Morgan fingerprint density at radius 1 is 1.06 bits per heavy atom. The minimum atomic E-state index is -1.27. The number of rotatable bonds is 6. The van der Waals surface area contributed by atoms with E-state index in [4.69, 9.17) is 23.7 Å². The highest BCUT2D eigenvalue weighted by molar-refractivity contribution is 5.85. The topological polar surface area (TPSA) is 165 Å². The molecule has 0 amide bonds. The molecule has 2 fully saturated rings. The van der Waals surface area contributed by atoms with Crippen molar-refractivity contribution in [3.63, 3.8) is 0 Å². The lowest BCUT2D eigenvalue weighted by atomic mass is 9.85. The number of methoxy groups -OCH3 is 1.